The van der Waals surface area contributed by atoms with E-state index in [1.807, 2.05) is 67.7 Å². The third kappa shape index (κ3) is 4.38. The molecule has 0 bridgehead atoms. The fourth-order valence-corrected chi connectivity index (χ4v) is 3.86. The summed E-state index contributed by atoms with van der Waals surface area (Å²) in [4.78, 5) is 2.42. The van der Waals surface area contributed by atoms with Gasteiger partial charge in [0.25, 0.3) is 0 Å². The molecule has 0 spiro atoms. The van der Waals surface area contributed by atoms with E-state index in [1.165, 1.54) is 0 Å². The minimum atomic E-state index is -3.48. The molecule has 1 N–H and O–H groups in total. The molecule has 3 aromatic rings. The van der Waals surface area contributed by atoms with Gasteiger partial charge >= 0.3 is 0 Å². The zero-order valence-corrected chi connectivity index (χ0v) is 15.0. The first-order chi connectivity index (χ1) is 12.1. The van der Waals surface area contributed by atoms with Crippen LogP contribution in [0.5, 0.6) is 0 Å². The SMILES string of the molecule is CN(CCCNS(=O)(=O)c1ccc2ccccc2c1)c1ccccc1. The van der Waals surface area contributed by atoms with Crippen LogP contribution in [0, 0.1) is 0 Å². The van der Waals surface area contributed by atoms with E-state index in [9.17, 15) is 8.42 Å². The highest BCUT2D eigenvalue weighted by atomic mass is 32.2. The van der Waals surface area contributed by atoms with Crippen LogP contribution >= 0.6 is 0 Å². The van der Waals surface area contributed by atoms with Crippen molar-refractivity contribution in [2.45, 2.75) is 11.3 Å². The summed E-state index contributed by atoms with van der Waals surface area (Å²) in [6, 6.07) is 23.0. The van der Waals surface area contributed by atoms with Crippen LogP contribution in [-0.4, -0.2) is 28.6 Å². The van der Waals surface area contributed by atoms with Gasteiger partial charge in [0.2, 0.25) is 10.0 Å². The van der Waals surface area contributed by atoms with Crippen molar-refractivity contribution in [3.8, 4) is 0 Å². The van der Waals surface area contributed by atoms with Crippen molar-refractivity contribution >= 4 is 26.5 Å². The average molecular weight is 354 g/mol. The number of rotatable bonds is 7. The first-order valence-corrected chi connectivity index (χ1v) is 9.79. The van der Waals surface area contributed by atoms with Crippen LogP contribution in [-0.2, 0) is 10.0 Å². The minimum Gasteiger partial charge on any atom is -0.375 e. The normalized spacial score (nSPS) is 11.6. The molecular formula is C20H22N2O2S. The van der Waals surface area contributed by atoms with Crippen molar-refractivity contribution in [3.05, 3.63) is 72.8 Å². The summed E-state index contributed by atoms with van der Waals surface area (Å²) in [6.45, 7) is 1.19. The number of nitrogens with zero attached hydrogens (tertiary/aromatic N) is 1. The summed E-state index contributed by atoms with van der Waals surface area (Å²) in [5.74, 6) is 0. The fraction of sp³-hybridized carbons (Fsp3) is 0.200. The second kappa shape index (κ2) is 7.68. The Bertz CT molecular complexity index is 940. The number of fused-ring (bicyclic) bond motifs is 1. The van der Waals surface area contributed by atoms with Gasteiger partial charge in [0.15, 0.2) is 0 Å². The molecule has 0 aromatic heterocycles. The highest BCUT2D eigenvalue weighted by Crippen LogP contribution is 2.18. The Balaban J connectivity index is 1.58. The lowest BCUT2D eigenvalue weighted by Gasteiger charge is -2.19. The van der Waals surface area contributed by atoms with Crippen molar-refractivity contribution in [2.75, 3.05) is 25.0 Å². The van der Waals surface area contributed by atoms with E-state index >= 15 is 0 Å². The molecule has 0 aliphatic heterocycles. The Morgan fingerprint density at radius 1 is 0.880 bits per heavy atom. The van der Waals surface area contributed by atoms with Gasteiger partial charge in [-0.3, -0.25) is 0 Å². The predicted octanol–water partition coefficient (Wildman–Crippen LogP) is 3.64. The predicted molar refractivity (Wildman–Crippen MR) is 103 cm³/mol. The molecule has 0 saturated heterocycles. The summed E-state index contributed by atoms with van der Waals surface area (Å²) in [5, 5.41) is 1.96. The molecule has 0 heterocycles. The van der Waals surface area contributed by atoms with Crippen LogP contribution in [0.1, 0.15) is 6.42 Å². The quantitative estimate of drug-likeness (QED) is 0.659. The lowest BCUT2D eigenvalue weighted by molar-refractivity contribution is 0.579. The fourth-order valence-electron chi connectivity index (χ4n) is 2.75. The summed E-state index contributed by atoms with van der Waals surface area (Å²) in [6.07, 6.45) is 0.734. The van der Waals surface area contributed by atoms with Crippen LogP contribution in [0.25, 0.3) is 10.8 Å². The monoisotopic (exact) mass is 354 g/mol. The lowest BCUT2D eigenvalue weighted by atomic mass is 10.1. The number of anilines is 1. The van der Waals surface area contributed by atoms with Crippen LogP contribution in [0.2, 0.25) is 0 Å². The van der Waals surface area contributed by atoms with Gasteiger partial charge in [-0.25, -0.2) is 13.1 Å². The number of sulfonamides is 1. The maximum absolute atomic E-state index is 12.5. The molecule has 25 heavy (non-hydrogen) atoms. The van der Waals surface area contributed by atoms with Gasteiger partial charge in [-0.15, -0.1) is 0 Å². The summed E-state index contributed by atoms with van der Waals surface area (Å²) in [5.41, 5.74) is 1.12. The van der Waals surface area contributed by atoms with Crippen molar-refractivity contribution < 1.29 is 8.42 Å². The van der Waals surface area contributed by atoms with E-state index in [2.05, 4.69) is 9.62 Å². The number of hydrogen-bond donors (Lipinski definition) is 1. The Morgan fingerprint density at radius 3 is 2.32 bits per heavy atom. The Labute approximate surface area is 149 Å². The molecule has 0 fully saturated rings. The van der Waals surface area contributed by atoms with Crippen LogP contribution in [0.15, 0.2) is 77.7 Å². The van der Waals surface area contributed by atoms with E-state index in [1.54, 1.807) is 12.1 Å². The summed E-state index contributed by atoms with van der Waals surface area (Å²) < 4.78 is 27.6. The molecular weight excluding hydrogens is 332 g/mol. The molecule has 0 aliphatic rings. The van der Waals surface area contributed by atoms with Crippen LogP contribution < -0.4 is 9.62 Å². The summed E-state index contributed by atoms with van der Waals surface area (Å²) in [7, 11) is -1.48. The number of hydrogen-bond acceptors (Lipinski definition) is 3. The van der Waals surface area contributed by atoms with Gasteiger partial charge in [0.05, 0.1) is 4.90 Å². The first-order valence-electron chi connectivity index (χ1n) is 8.31. The molecule has 0 saturated carbocycles. The molecule has 0 atom stereocenters. The summed E-state index contributed by atoms with van der Waals surface area (Å²) >= 11 is 0. The molecule has 3 rings (SSSR count). The van der Waals surface area contributed by atoms with Gasteiger partial charge in [-0.2, -0.15) is 0 Å². The van der Waals surface area contributed by atoms with Crippen molar-refractivity contribution in [3.63, 3.8) is 0 Å². The second-order valence-corrected chi connectivity index (χ2v) is 7.78. The van der Waals surface area contributed by atoms with Crippen LogP contribution in [0.4, 0.5) is 5.69 Å². The highest BCUT2D eigenvalue weighted by Gasteiger charge is 2.13. The number of para-hydroxylation sites is 1. The van der Waals surface area contributed by atoms with Gasteiger partial charge in [-0.1, -0.05) is 48.5 Å². The van der Waals surface area contributed by atoms with Crippen molar-refractivity contribution in [1.82, 2.24) is 4.72 Å². The smallest absolute Gasteiger partial charge is 0.240 e. The average Bonchev–Trinajstić information content (AvgIpc) is 2.65. The third-order valence-electron chi connectivity index (χ3n) is 4.19. The molecule has 5 heteroatoms. The second-order valence-electron chi connectivity index (χ2n) is 6.02. The van der Waals surface area contributed by atoms with Gasteiger partial charge in [-0.05, 0) is 41.5 Å². The van der Waals surface area contributed by atoms with Gasteiger partial charge in [0.1, 0.15) is 0 Å². The van der Waals surface area contributed by atoms with Crippen molar-refractivity contribution in [2.24, 2.45) is 0 Å². The number of benzene rings is 3. The largest absolute Gasteiger partial charge is 0.375 e. The molecule has 0 radical (unpaired) electrons. The minimum absolute atomic E-state index is 0.308. The highest BCUT2D eigenvalue weighted by molar-refractivity contribution is 7.89. The Hall–Kier alpha value is -2.37. The molecule has 0 amide bonds. The Kier molecular flexibility index (Phi) is 5.36. The van der Waals surface area contributed by atoms with E-state index in [4.69, 9.17) is 0 Å². The van der Waals surface area contributed by atoms with Crippen LogP contribution in [0.3, 0.4) is 0 Å². The zero-order valence-electron chi connectivity index (χ0n) is 14.2. The maximum Gasteiger partial charge on any atom is 0.240 e. The topological polar surface area (TPSA) is 49.4 Å². The van der Waals surface area contributed by atoms with E-state index in [-0.39, 0.29) is 0 Å². The molecule has 0 unspecified atom stereocenters. The lowest BCUT2D eigenvalue weighted by Crippen LogP contribution is -2.28. The Morgan fingerprint density at radius 2 is 1.56 bits per heavy atom. The van der Waals surface area contributed by atoms with E-state index < -0.39 is 10.0 Å². The molecule has 4 nitrogen and oxygen atoms in total. The zero-order chi connectivity index (χ0) is 17.7. The first kappa shape index (κ1) is 17.5. The maximum atomic E-state index is 12.5. The molecule has 0 aliphatic carbocycles. The van der Waals surface area contributed by atoms with Crippen molar-refractivity contribution in [1.29, 1.82) is 0 Å². The molecule has 130 valence electrons. The molecule has 3 aromatic carbocycles. The van der Waals surface area contributed by atoms with Gasteiger partial charge < -0.3 is 4.90 Å². The number of nitrogens with one attached hydrogen (secondary N) is 1. The standard InChI is InChI=1S/C20H22N2O2S/c1-22(19-10-3-2-4-11-19)15-7-14-21-25(23,24)20-13-12-17-8-5-6-9-18(17)16-20/h2-6,8-13,16,21H,7,14-15H2,1H3. The third-order valence-corrected chi connectivity index (χ3v) is 5.65. The van der Waals surface area contributed by atoms with E-state index in [0.29, 0.717) is 11.4 Å². The van der Waals surface area contributed by atoms with Gasteiger partial charge in [0, 0.05) is 25.8 Å². The van der Waals surface area contributed by atoms with E-state index in [0.717, 1.165) is 29.4 Å².